The molecule has 2 heterocycles. The van der Waals surface area contributed by atoms with Crippen LogP contribution < -0.4 is 0 Å². The molecule has 0 unspecified atom stereocenters. The fraction of sp³-hybridized carbons (Fsp3) is 0.0556. The van der Waals surface area contributed by atoms with Crippen molar-refractivity contribution in [2.45, 2.75) is 19.3 Å². The molecule has 0 saturated heterocycles. The van der Waals surface area contributed by atoms with Crippen LogP contribution in [0.25, 0.3) is 98.8 Å². The first-order valence-corrected chi connectivity index (χ1v) is 20.6. The lowest BCUT2D eigenvalue weighted by molar-refractivity contribution is 0.660. The third-order valence-corrected chi connectivity index (χ3v) is 13.0. The summed E-state index contributed by atoms with van der Waals surface area (Å²) < 4.78 is 2.42. The third-order valence-electron chi connectivity index (χ3n) is 11.8. The van der Waals surface area contributed by atoms with Crippen molar-refractivity contribution in [1.29, 1.82) is 0 Å². The number of aromatic nitrogens is 3. The molecule has 3 nitrogen and oxygen atoms in total. The van der Waals surface area contributed by atoms with Crippen LogP contribution >= 0.6 is 11.3 Å². The second-order valence-corrected chi connectivity index (χ2v) is 16.6. The Kier molecular flexibility index (Phi) is 8.02. The van der Waals surface area contributed by atoms with E-state index in [-0.39, 0.29) is 5.41 Å². The Balaban J connectivity index is 1.05. The predicted molar refractivity (Wildman–Crippen MR) is 243 cm³/mol. The summed E-state index contributed by atoms with van der Waals surface area (Å²) in [6, 6.07) is 67.1. The van der Waals surface area contributed by atoms with Gasteiger partial charge in [0.05, 0.1) is 0 Å². The van der Waals surface area contributed by atoms with Crippen molar-refractivity contribution in [3.63, 3.8) is 0 Å². The number of hydrogen-bond acceptors (Lipinski definition) is 4. The fourth-order valence-electron chi connectivity index (χ4n) is 8.86. The fourth-order valence-corrected chi connectivity index (χ4v) is 10.1. The Morgan fingerprint density at radius 1 is 0.345 bits per heavy atom. The van der Waals surface area contributed by atoms with Gasteiger partial charge in [-0.2, -0.15) is 0 Å². The van der Waals surface area contributed by atoms with Crippen molar-refractivity contribution in [3.8, 4) is 78.7 Å². The molecule has 0 bridgehead atoms. The van der Waals surface area contributed by atoms with Gasteiger partial charge in [-0.25, -0.2) is 15.0 Å². The number of benzene rings is 8. The second kappa shape index (κ2) is 13.6. The summed E-state index contributed by atoms with van der Waals surface area (Å²) in [5, 5.41) is 2.46. The maximum atomic E-state index is 5.32. The molecule has 2 aromatic heterocycles. The highest BCUT2D eigenvalue weighted by molar-refractivity contribution is 7.26. The van der Waals surface area contributed by atoms with Gasteiger partial charge in [0.1, 0.15) is 0 Å². The number of hydrogen-bond donors (Lipinski definition) is 0. The van der Waals surface area contributed by atoms with Gasteiger partial charge < -0.3 is 0 Å². The van der Waals surface area contributed by atoms with Gasteiger partial charge in [0, 0.05) is 42.3 Å². The molecule has 0 radical (unpaired) electrons. The van der Waals surface area contributed by atoms with Crippen LogP contribution in [0.1, 0.15) is 25.0 Å². The van der Waals surface area contributed by atoms with Crippen molar-refractivity contribution in [1.82, 2.24) is 15.0 Å². The van der Waals surface area contributed by atoms with E-state index in [9.17, 15) is 0 Å². The molecule has 0 fully saturated rings. The van der Waals surface area contributed by atoms with Gasteiger partial charge in [0.15, 0.2) is 17.5 Å². The normalized spacial score (nSPS) is 12.8. The van der Waals surface area contributed by atoms with E-state index in [2.05, 4.69) is 196 Å². The highest BCUT2D eigenvalue weighted by atomic mass is 32.1. The predicted octanol–water partition coefficient (Wildman–Crippen LogP) is 14.5. The van der Waals surface area contributed by atoms with Crippen LogP contribution in [0, 0.1) is 0 Å². The van der Waals surface area contributed by atoms with Gasteiger partial charge in [-0.05, 0) is 73.8 Å². The minimum atomic E-state index is -0.0484. The van der Waals surface area contributed by atoms with E-state index in [1.165, 1.54) is 53.6 Å². The molecule has 58 heavy (non-hydrogen) atoms. The summed E-state index contributed by atoms with van der Waals surface area (Å²) in [5.41, 5.74) is 15.1. The van der Waals surface area contributed by atoms with E-state index >= 15 is 0 Å². The maximum absolute atomic E-state index is 5.32. The molecule has 1 aliphatic rings. The molecule has 1 aliphatic carbocycles. The number of nitrogens with zero attached hydrogens (tertiary/aromatic N) is 3. The van der Waals surface area contributed by atoms with Crippen molar-refractivity contribution in [2.24, 2.45) is 0 Å². The summed E-state index contributed by atoms with van der Waals surface area (Å²) in [6.45, 7) is 4.67. The smallest absolute Gasteiger partial charge is 0.165 e. The largest absolute Gasteiger partial charge is 0.208 e. The SMILES string of the molecule is CC1(C)c2ccccc2-c2ccc(-c3ccc(-c4ccccc4-c4nc(-c5ccccc5-c5ccccc5)nc(-c5cccc6c5sc5ccccc56)n4)cc3)cc21. The van der Waals surface area contributed by atoms with Gasteiger partial charge in [0.25, 0.3) is 0 Å². The molecule has 0 aliphatic heterocycles. The maximum Gasteiger partial charge on any atom is 0.165 e. The zero-order chi connectivity index (χ0) is 38.8. The van der Waals surface area contributed by atoms with Crippen LogP contribution in [0.2, 0.25) is 0 Å². The Morgan fingerprint density at radius 3 is 1.53 bits per heavy atom. The van der Waals surface area contributed by atoms with Gasteiger partial charge in [0.2, 0.25) is 0 Å². The molecule has 0 atom stereocenters. The zero-order valence-electron chi connectivity index (χ0n) is 32.1. The first kappa shape index (κ1) is 34.3. The Morgan fingerprint density at radius 2 is 0.828 bits per heavy atom. The molecule has 0 spiro atoms. The quantitative estimate of drug-likeness (QED) is 0.169. The molecule has 8 aromatic carbocycles. The van der Waals surface area contributed by atoms with E-state index in [0.29, 0.717) is 17.5 Å². The number of rotatable bonds is 6. The van der Waals surface area contributed by atoms with Crippen LogP contribution in [0.5, 0.6) is 0 Å². The Bertz CT molecular complexity index is 3200. The van der Waals surface area contributed by atoms with E-state index in [0.717, 1.165) is 38.9 Å². The Hall–Kier alpha value is -7.01. The first-order chi connectivity index (χ1) is 28.5. The van der Waals surface area contributed by atoms with Crippen LogP contribution in [0.15, 0.2) is 188 Å². The lowest BCUT2D eigenvalue weighted by Crippen LogP contribution is -2.14. The van der Waals surface area contributed by atoms with E-state index in [1.807, 2.05) is 6.07 Å². The van der Waals surface area contributed by atoms with E-state index in [1.54, 1.807) is 11.3 Å². The summed E-state index contributed by atoms with van der Waals surface area (Å²) >= 11 is 1.79. The molecule has 0 amide bonds. The van der Waals surface area contributed by atoms with Crippen molar-refractivity contribution in [2.75, 3.05) is 0 Å². The first-order valence-electron chi connectivity index (χ1n) is 19.8. The number of thiophene rings is 1. The van der Waals surface area contributed by atoms with Crippen LogP contribution in [0.4, 0.5) is 0 Å². The zero-order valence-corrected chi connectivity index (χ0v) is 33.0. The Labute approximate surface area is 342 Å². The molecule has 10 aromatic rings. The topological polar surface area (TPSA) is 38.7 Å². The molecule has 274 valence electrons. The van der Waals surface area contributed by atoms with Gasteiger partial charge in [-0.15, -0.1) is 11.3 Å². The lowest BCUT2D eigenvalue weighted by atomic mass is 9.81. The minimum absolute atomic E-state index is 0.0484. The summed E-state index contributed by atoms with van der Waals surface area (Å²) in [5.74, 6) is 1.94. The highest BCUT2D eigenvalue weighted by Crippen LogP contribution is 2.49. The van der Waals surface area contributed by atoms with E-state index in [4.69, 9.17) is 15.0 Å². The van der Waals surface area contributed by atoms with Crippen molar-refractivity contribution >= 4 is 31.5 Å². The van der Waals surface area contributed by atoms with Gasteiger partial charge in [-0.1, -0.05) is 184 Å². The van der Waals surface area contributed by atoms with Gasteiger partial charge >= 0.3 is 0 Å². The summed E-state index contributed by atoms with van der Waals surface area (Å²) in [6.07, 6.45) is 0. The molecule has 0 saturated carbocycles. The number of fused-ring (bicyclic) bond motifs is 6. The molecular weight excluding hydrogens is 723 g/mol. The molecular formula is C54H37N3S. The standard InChI is InChI=1S/C54H37N3S/c1-54(2)47-25-12-10-19-40(47)41-32-31-37(33-48(41)54)34-27-29-36(30-28-34)39-18-7-9-22-45(39)52-55-51(44-21-8-6-17-38(44)35-15-4-3-5-16-35)56-53(57-52)46-24-14-23-43-42-20-11-13-26-49(42)58-50(43)46/h3-33H,1-2H3. The lowest BCUT2D eigenvalue weighted by Gasteiger charge is -2.22. The van der Waals surface area contributed by atoms with Crippen LogP contribution in [0.3, 0.4) is 0 Å². The molecule has 0 N–H and O–H groups in total. The van der Waals surface area contributed by atoms with Crippen molar-refractivity contribution < 1.29 is 0 Å². The molecule has 11 rings (SSSR count). The monoisotopic (exact) mass is 759 g/mol. The molecule has 4 heteroatoms. The minimum Gasteiger partial charge on any atom is -0.208 e. The average molecular weight is 760 g/mol. The van der Waals surface area contributed by atoms with Crippen molar-refractivity contribution in [3.05, 3.63) is 199 Å². The highest BCUT2D eigenvalue weighted by Gasteiger charge is 2.35. The van der Waals surface area contributed by atoms with E-state index < -0.39 is 0 Å². The summed E-state index contributed by atoms with van der Waals surface area (Å²) in [7, 11) is 0. The van der Waals surface area contributed by atoms with Gasteiger partial charge in [-0.3, -0.25) is 0 Å². The summed E-state index contributed by atoms with van der Waals surface area (Å²) in [4.78, 5) is 15.9. The average Bonchev–Trinajstić information content (AvgIpc) is 3.78. The van der Waals surface area contributed by atoms with Crippen LogP contribution in [-0.2, 0) is 5.41 Å². The second-order valence-electron chi connectivity index (χ2n) is 15.6. The van der Waals surface area contributed by atoms with Crippen LogP contribution in [-0.4, -0.2) is 15.0 Å². The third kappa shape index (κ3) is 5.60.